The van der Waals surface area contributed by atoms with Gasteiger partial charge in [-0.1, -0.05) is 78.9 Å². The minimum Gasteiger partial charge on any atom is -0.456 e. The average molecular weight is 413 g/mol. The second-order valence-electron chi connectivity index (χ2n) is 7.82. The maximum atomic E-state index is 6.15. The van der Waals surface area contributed by atoms with Crippen molar-refractivity contribution in [2.75, 3.05) is 0 Å². The molecule has 0 fully saturated rings. The molecular weight excluding hydrogens is 394 g/mol. The maximum Gasteiger partial charge on any atom is 0.164 e. The lowest BCUT2D eigenvalue weighted by molar-refractivity contribution is 0.668. The van der Waals surface area contributed by atoms with Crippen LogP contribution < -0.4 is 0 Å². The van der Waals surface area contributed by atoms with E-state index in [9.17, 15) is 0 Å². The Morgan fingerprint density at radius 2 is 1.12 bits per heavy atom. The highest BCUT2D eigenvalue weighted by Crippen LogP contribution is 2.37. The van der Waals surface area contributed by atoms with Crippen LogP contribution >= 0.6 is 0 Å². The molecule has 32 heavy (non-hydrogen) atoms. The molecule has 6 rings (SSSR count). The lowest BCUT2D eigenvalue weighted by Crippen LogP contribution is -2.00. The van der Waals surface area contributed by atoms with Gasteiger partial charge in [0.25, 0.3) is 0 Å². The second-order valence-corrected chi connectivity index (χ2v) is 7.82. The molecular formula is C28H19N3O. The molecule has 4 nitrogen and oxygen atoms in total. The van der Waals surface area contributed by atoms with Gasteiger partial charge in [0.15, 0.2) is 17.5 Å². The molecule has 0 aliphatic heterocycles. The Kier molecular flexibility index (Phi) is 4.29. The number of fused-ring (bicyclic) bond motifs is 3. The summed E-state index contributed by atoms with van der Waals surface area (Å²) < 4.78 is 6.15. The van der Waals surface area contributed by atoms with Crippen LogP contribution in [0.3, 0.4) is 0 Å². The van der Waals surface area contributed by atoms with Crippen LogP contribution in [0.4, 0.5) is 0 Å². The van der Waals surface area contributed by atoms with E-state index in [0.29, 0.717) is 17.5 Å². The van der Waals surface area contributed by atoms with Crippen molar-refractivity contribution in [1.82, 2.24) is 15.0 Å². The first-order chi connectivity index (χ1) is 15.8. The summed E-state index contributed by atoms with van der Waals surface area (Å²) in [6, 6.07) is 32.3. The van der Waals surface area contributed by atoms with E-state index in [1.807, 2.05) is 78.9 Å². The average Bonchev–Trinajstić information content (AvgIpc) is 3.22. The lowest BCUT2D eigenvalue weighted by atomic mass is 10.0. The van der Waals surface area contributed by atoms with Crippen LogP contribution in [-0.4, -0.2) is 15.0 Å². The highest BCUT2D eigenvalue weighted by Gasteiger charge is 2.18. The molecule has 0 bridgehead atoms. The summed E-state index contributed by atoms with van der Waals surface area (Å²) in [6.07, 6.45) is 0. The standard InChI is InChI=1S/C28H19N3O/c1-18-16-22(25-21-14-8-9-15-23(21)32-24(25)17-18)28-30-26(19-10-4-2-5-11-19)29-27(31-28)20-12-6-3-7-13-20/h2-17H,1H3. The molecule has 0 atom stereocenters. The van der Waals surface area contributed by atoms with E-state index in [-0.39, 0.29) is 0 Å². The molecule has 0 saturated carbocycles. The Labute approximate surface area is 185 Å². The largest absolute Gasteiger partial charge is 0.456 e. The Bertz CT molecular complexity index is 1510. The van der Waals surface area contributed by atoms with Gasteiger partial charge >= 0.3 is 0 Å². The van der Waals surface area contributed by atoms with E-state index in [1.54, 1.807) is 0 Å². The van der Waals surface area contributed by atoms with Crippen LogP contribution in [-0.2, 0) is 0 Å². The molecule has 0 unspecified atom stereocenters. The summed E-state index contributed by atoms with van der Waals surface area (Å²) in [7, 11) is 0. The fourth-order valence-corrected chi connectivity index (χ4v) is 4.10. The zero-order valence-electron chi connectivity index (χ0n) is 17.5. The number of hydrogen-bond donors (Lipinski definition) is 0. The van der Waals surface area contributed by atoms with Gasteiger partial charge in [-0.05, 0) is 30.7 Å². The summed E-state index contributed by atoms with van der Waals surface area (Å²) in [4.78, 5) is 14.6. The first kappa shape index (κ1) is 18.5. The van der Waals surface area contributed by atoms with Gasteiger partial charge in [-0.3, -0.25) is 0 Å². The molecule has 0 aliphatic rings. The van der Waals surface area contributed by atoms with E-state index < -0.39 is 0 Å². The van der Waals surface area contributed by atoms with Crippen molar-refractivity contribution in [3.63, 3.8) is 0 Å². The number of hydrogen-bond acceptors (Lipinski definition) is 4. The van der Waals surface area contributed by atoms with Crippen LogP contribution in [0.1, 0.15) is 5.56 Å². The van der Waals surface area contributed by atoms with Gasteiger partial charge in [-0.2, -0.15) is 0 Å². The number of nitrogens with zero attached hydrogens (tertiary/aromatic N) is 3. The summed E-state index contributed by atoms with van der Waals surface area (Å²) in [5.41, 5.74) is 5.64. The zero-order valence-corrected chi connectivity index (χ0v) is 17.5. The summed E-state index contributed by atoms with van der Waals surface area (Å²) in [5.74, 6) is 1.94. The van der Waals surface area contributed by atoms with Gasteiger partial charge in [0, 0.05) is 27.5 Å². The quantitative estimate of drug-likeness (QED) is 0.311. The minimum absolute atomic E-state index is 0.637. The van der Waals surface area contributed by atoms with E-state index in [4.69, 9.17) is 19.4 Å². The summed E-state index contributed by atoms with van der Waals surface area (Å²) >= 11 is 0. The number of rotatable bonds is 3. The number of aromatic nitrogens is 3. The van der Waals surface area contributed by atoms with Crippen LogP contribution in [0.15, 0.2) is 101 Å². The Hall–Kier alpha value is -4.31. The van der Waals surface area contributed by atoms with E-state index in [1.165, 1.54) is 0 Å². The van der Waals surface area contributed by atoms with Crippen LogP contribution in [0, 0.1) is 6.92 Å². The number of aryl methyl sites for hydroxylation is 1. The van der Waals surface area contributed by atoms with Crippen molar-refractivity contribution in [1.29, 1.82) is 0 Å². The van der Waals surface area contributed by atoms with Crippen LogP contribution in [0.25, 0.3) is 56.1 Å². The molecule has 0 spiro atoms. The van der Waals surface area contributed by atoms with Crippen molar-refractivity contribution in [2.24, 2.45) is 0 Å². The second kappa shape index (κ2) is 7.43. The molecule has 4 heteroatoms. The van der Waals surface area contributed by atoms with Crippen molar-refractivity contribution < 1.29 is 4.42 Å². The van der Waals surface area contributed by atoms with E-state index in [2.05, 4.69) is 25.1 Å². The highest BCUT2D eigenvalue weighted by atomic mass is 16.3. The maximum absolute atomic E-state index is 6.15. The monoisotopic (exact) mass is 413 g/mol. The van der Waals surface area contributed by atoms with Crippen molar-refractivity contribution in [3.8, 4) is 34.2 Å². The van der Waals surface area contributed by atoms with Crippen molar-refractivity contribution in [2.45, 2.75) is 6.92 Å². The minimum atomic E-state index is 0.637. The molecule has 0 saturated heterocycles. The van der Waals surface area contributed by atoms with E-state index in [0.717, 1.165) is 44.2 Å². The van der Waals surface area contributed by atoms with Crippen LogP contribution in [0.2, 0.25) is 0 Å². The third-order valence-electron chi connectivity index (χ3n) is 5.56. The third-order valence-corrected chi connectivity index (χ3v) is 5.56. The first-order valence-corrected chi connectivity index (χ1v) is 10.6. The van der Waals surface area contributed by atoms with Gasteiger partial charge in [0.05, 0.1) is 0 Å². The molecule has 0 radical (unpaired) electrons. The predicted molar refractivity (Wildman–Crippen MR) is 128 cm³/mol. The smallest absolute Gasteiger partial charge is 0.164 e. The predicted octanol–water partition coefficient (Wildman–Crippen LogP) is 7.08. The van der Waals surface area contributed by atoms with Crippen molar-refractivity contribution in [3.05, 3.63) is 103 Å². The fourth-order valence-electron chi connectivity index (χ4n) is 4.10. The van der Waals surface area contributed by atoms with Crippen molar-refractivity contribution >= 4 is 21.9 Å². The Morgan fingerprint density at radius 1 is 0.562 bits per heavy atom. The Morgan fingerprint density at radius 3 is 1.78 bits per heavy atom. The fraction of sp³-hybridized carbons (Fsp3) is 0.0357. The molecule has 6 aromatic rings. The topological polar surface area (TPSA) is 51.8 Å². The third kappa shape index (κ3) is 3.13. The van der Waals surface area contributed by atoms with Gasteiger partial charge in [-0.25, -0.2) is 15.0 Å². The molecule has 4 aromatic carbocycles. The number of furan rings is 1. The normalized spacial score (nSPS) is 11.3. The van der Waals surface area contributed by atoms with Crippen LogP contribution in [0.5, 0.6) is 0 Å². The lowest BCUT2D eigenvalue weighted by Gasteiger charge is -2.10. The molecule has 2 aromatic heterocycles. The highest BCUT2D eigenvalue weighted by molar-refractivity contribution is 6.12. The molecule has 0 aliphatic carbocycles. The van der Waals surface area contributed by atoms with Gasteiger partial charge in [-0.15, -0.1) is 0 Å². The van der Waals surface area contributed by atoms with Gasteiger partial charge in [0.1, 0.15) is 11.2 Å². The zero-order chi connectivity index (χ0) is 21.5. The van der Waals surface area contributed by atoms with E-state index >= 15 is 0 Å². The SMILES string of the molecule is Cc1cc(-c2nc(-c3ccccc3)nc(-c3ccccc3)n2)c2c(c1)oc1ccccc12. The first-order valence-electron chi connectivity index (χ1n) is 10.6. The summed E-state index contributed by atoms with van der Waals surface area (Å²) in [5, 5.41) is 2.08. The molecule has 152 valence electrons. The Balaban J connectivity index is 1.68. The van der Waals surface area contributed by atoms with Gasteiger partial charge in [0.2, 0.25) is 0 Å². The number of para-hydroxylation sites is 1. The number of benzene rings is 4. The molecule has 2 heterocycles. The van der Waals surface area contributed by atoms with Gasteiger partial charge < -0.3 is 4.42 Å². The molecule has 0 amide bonds. The molecule has 0 N–H and O–H groups in total. The summed E-state index contributed by atoms with van der Waals surface area (Å²) in [6.45, 7) is 2.06.